The summed E-state index contributed by atoms with van der Waals surface area (Å²) in [5.74, 6) is 0.394. The molecular formula is C10H19N3O3S. The summed E-state index contributed by atoms with van der Waals surface area (Å²) in [5.41, 5.74) is 0. The Kier molecular flexibility index (Phi) is 3.42. The summed E-state index contributed by atoms with van der Waals surface area (Å²) in [4.78, 5) is 15.2. The van der Waals surface area contributed by atoms with Gasteiger partial charge in [-0.3, -0.25) is 9.69 Å². The Balaban J connectivity index is 2.06. The summed E-state index contributed by atoms with van der Waals surface area (Å²) in [5, 5.41) is 3.22. The molecule has 1 N–H and O–H groups in total. The van der Waals surface area contributed by atoms with Gasteiger partial charge in [0.2, 0.25) is 5.91 Å². The summed E-state index contributed by atoms with van der Waals surface area (Å²) in [6.45, 7) is 1.79. The highest BCUT2D eigenvalue weighted by molar-refractivity contribution is 7.91. The van der Waals surface area contributed by atoms with Crippen LogP contribution in [0.3, 0.4) is 0 Å². The third-order valence-electron chi connectivity index (χ3n) is 3.43. The molecule has 98 valence electrons. The fourth-order valence-corrected chi connectivity index (χ4v) is 4.44. The van der Waals surface area contributed by atoms with Crippen LogP contribution in [0, 0.1) is 0 Å². The average Bonchev–Trinajstić information content (AvgIpc) is 2.53. The first-order chi connectivity index (χ1) is 7.89. The number of hydrogen-bond donors (Lipinski definition) is 1. The highest BCUT2D eigenvalue weighted by Gasteiger charge is 2.43. The van der Waals surface area contributed by atoms with Crippen molar-refractivity contribution in [2.45, 2.75) is 12.1 Å². The van der Waals surface area contributed by atoms with Crippen molar-refractivity contribution in [3.8, 4) is 0 Å². The third kappa shape index (κ3) is 2.78. The Morgan fingerprint density at radius 2 is 2.12 bits per heavy atom. The third-order valence-corrected chi connectivity index (χ3v) is 5.15. The fourth-order valence-electron chi connectivity index (χ4n) is 2.45. The molecule has 0 unspecified atom stereocenters. The predicted molar refractivity (Wildman–Crippen MR) is 64.5 cm³/mol. The number of carbonyl (C=O) groups is 1. The van der Waals surface area contributed by atoms with Gasteiger partial charge in [0.15, 0.2) is 9.84 Å². The van der Waals surface area contributed by atoms with Gasteiger partial charge in [-0.1, -0.05) is 0 Å². The van der Waals surface area contributed by atoms with E-state index in [9.17, 15) is 13.2 Å². The van der Waals surface area contributed by atoms with Crippen molar-refractivity contribution in [2.24, 2.45) is 0 Å². The van der Waals surface area contributed by atoms with Gasteiger partial charge in [0.1, 0.15) is 0 Å². The van der Waals surface area contributed by atoms with Gasteiger partial charge in [-0.25, -0.2) is 8.42 Å². The van der Waals surface area contributed by atoms with Crippen LogP contribution >= 0.6 is 0 Å². The zero-order chi connectivity index (χ0) is 12.6. The number of hydrogen-bond acceptors (Lipinski definition) is 5. The van der Waals surface area contributed by atoms with Crippen LogP contribution in [0.4, 0.5) is 0 Å². The highest BCUT2D eigenvalue weighted by Crippen LogP contribution is 2.20. The minimum Gasteiger partial charge on any atom is -0.348 e. The number of amides is 1. The maximum absolute atomic E-state index is 11.7. The Bertz CT molecular complexity index is 407. The van der Waals surface area contributed by atoms with Gasteiger partial charge < -0.3 is 10.2 Å². The minimum atomic E-state index is -2.95. The summed E-state index contributed by atoms with van der Waals surface area (Å²) >= 11 is 0. The van der Waals surface area contributed by atoms with Gasteiger partial charge in [-0.2, -0.15) is 0 Å². The average molecular weight is 261 g/mol. The first kappa shape index (κ1) is 12.8. The monoisotopic (exact) mass is 261 g/mol. The minimum absolute atomic E-state index is 0.0105. The van der Waals surface area contributed by atoms with Crippen molar-refractivity contribution >= 4 is 15.7 Å². The lowest BCUT2D eigenvalue weighted by Gasteiger charge is -2.37. The number of carbonyl (C=O) groups excluding carboxylic acids is 1. The lowest BCUT2D eigenvalue weighted by atomic mass is 10.1. The van der Waals surface area contributed by atoms with E-state index < -0.39 is 9.84 Å². The molecule has 0 aromatic rings. The molecule has 0 aliphatic carbocycles. The van der Waals surface area contributed by atoms with Gasteiger partial charge in [0.05, 0.1) is 18.1 Å². The lowest BCUT2D eigenvalue weighted by molar-refractivity contribution is -0.130. The molecule has 2 rings (SSSR count). The van der Waals surface area contributed by atoms with Crippen LogP contribution in [0.25, 0.3) is 0 Å². The molecule has 0 spiro atoms. The molecule has 7 heteroatoms. The number of sulfone groups is 1. The van der Waals surface area contributed by atoms with Gasteiger partial charge in [0, 0.05) is 39.3 Å². The topological polar surface area (TPSA) is 69.7 Å². The number of fused-ring (bicyclic) bond motifs is 1. The molecule has 2 atom stereocenters. The van der Waals surface area contributed by atoms with Crippen molar-refractivity contribution in [3.05, 3.63) is 0 Å². The van der Waals surface area contributed by atoms with Crippen molar-refractivity contribution in [1.29, 1.82) is 0 Å². The highest BCUT2D eigenvalue weighted by atomic mass is 32.2. The van der Waals surface area contributed by atoms with Crippen LogP contribution in [0.5, 0.6) is 0 Å². The van der Waals surface area contributed by atoms with Gasteiger partial charge in [-0.05, 0) is 0 Å². The van der Waals surface area contributed by atoms with E-state index in [0.717, 1.165) is 13.1 Å². The number of likely N-dealkylation sites (N-methyl/N-ethyl adjacent to an activating group) is 1. The molecule has 17 heavy (non-hydrogen) atoms. The Hall–Kier alpha value is -0.660. The molecule has 0 bridgehead atoms. The molecule has 1 amide bonds. The molecule has 2 saturated heterocycles. The van der Waals surface area contributed by atoms with E-state index in [2.05, 4.69) is 5.32 Å². The molecular weight excluding hydrogens is 242 g/mol. The number of piperazine rings is 1. The van der Waals surface area contributed by atoms with E-state index in [4.69, 9.17) is 0 Å². The largest absolute Gasteiger partial charge is 0.348 e. The van der Waals surface area contributed by atoms with E-state index in [1.54, 1.807) is 19.0 Å². The summed E-state index contributed by atoms with van der Waals surface area (Å²) in [6.07, 6.45) is 0. The van der Waals surface area contributed by atoms with Gasteiger partial charge in [0.25, 0.3) is 0 Å². The second-order valence-electron chi connectivity index (χ2n) is 4.96. The normalized spacial score (nSPS) is 32.1. The fraction of sp³-hybridized carbons (Fsp3) is 0.900. The molecule has 0 aromatic carbocycles. The quantitative estimate of drug-likeness (QED) is 0.632. The molecule has 2 fully saturated rings. The van der Waals surface area contributed by atoms with E-state index >= 15 is 0 Å². The molecule has 6 nitrogen and oxygen atoms in total. The number of rotatable bonds is 2. The van der Waals surface area contributed by atoms with Crippen molar-refractivity contribution < 1.29 is 13.2 Å². The second-order valence-corrected chi connectivity index (χ2v) is 7.12. The Labute approximate surface area is 102 Å². The van der Waals surface area contributed by atoms with Crippen LogP contribution in [-0.4, -0.2) is 81.4 Å². The molecule has 0 saturated carbocycles. The predicted octanol–water partition coefficient (Wildman–Crippen LogP) is -1.85. The maximum Gasteiger partial charge on any atom is 0.236 e. The Morgan fingerprint density at radius 3 is 2.76 bits per heavy atom. The lowest BCUT2D eigenvalue weighted by Crippen LogP contribution is -2.59. The van der Waals surface area contributed by atoms with E-state index in [1.807, 2.05) is 4.90 Å². The molecule has 0 aromatic heterocycles. The summed E-state index contributed by atoms with van der Waals surface area (Å²) in [6, 6.07) is -0.0543. The summed E-state index contributed by atoms with van der Waals surface area (Å²) in [7, 11) is 0.484. The van der Waals surface area contributed by atoms with Crippen LogP contribution in [0.2, 0.25) is 0 Å². The van der Waals surface area contributed by atoms with Gasteiger partial charge in [-0.15, -0.1) is 0 Å². The van der Waals surface area contributed by atoms with Crippen molar-refractivity contribution in [2.75, 3.05) is 45.2 Å². The van der Waals surface area contributed by atoms with Crippen LogP contribution in [0.1, 0.15) is 0 Å². The smallest absolute Gasteiger partial charge is 0.236 e. The number of nitrogens with one attached hydrogen (secondary N) is 1. The zero-order valence-corrected chi connectivity index (χ0v) is 11.0. The maximum atomic E-state index is 11.7. The molecule has 2 heterocycles. The van der Waals surface area contributed by atoms with Crippen LogP contribution < -0.4 is 5.32 Å². The molecule has 2 aliphatic heterocycles. The zero-order valence-electron chi connectivity index (χ0n) is 10.2. The van der Waals surface area contributed by atoms with E-state index in [1.165, 1.54) is 0 Å². The van der Waals surface area contributed by atoms with Gasteiger partial charge >= 0.3 is 0 Å². The number of nitrogens with zero attached hydrogens (tertiary/aromatic N) is 2. The van der Waals surface area contributed by atoms with Crippen molar-refractivity contribution in [3.63, 3.8) is 0 Å². The molecule has 2 aliphatic rings. The van der Waals surface area contributed by atoms with E-state index in [0.29, 0.717) is 6.54 Å². The SMILES string of the molecule is CN(C)C(=O)CN1CCN[C@H]2CS(=O)(=O)C[C@H]21. The van der Waals surface area contributed by atoms with Crippen molar-refractivity contribution in [1.82, 2.24) is 15.1 Å². The molecule has 0 radical (unpaired) electrons. The second kappa shape index (κ2) is 4.55. The standard InChI is InChI=1S/C10H19N3O3S/c1-12(2)10(14)5-13-4-3-11-8-6-17(15,16)7-9(8)13/h8-9,11H,3-7H2,1-2H3/t8-,9+/m0/s1. The van der Waals surface area contributed by atoms with Crippen LogP contribution in [0.15, 0.2) is 0 Å². The summed E-state index contributed by atoms with van der Waals surface area (Å²) < 4.78 is 23.2. The Morgan fingerprint density at radius 1 is 1.41 bits per heavy atom. The van der Waals surface area contributed by atoms with Crippen LogP contribution in [-0.2, 0) is 14.6 Å². The first-order valence-electron chi connectivity index (χ1n) is 5.77. The first-order valence-corrected chi connectivity index (χ1v) is 7.59. The van der Waals surface area contributed by atoms with E-state index in [-0.39, 0.29) is 29.5 Å².